The van der Waals surface area contributed by atoms with E-state index in [9.17, 15) is 4.79 Å². The van der Waals surface area contributed by atoms with Crippen LogP contribution in [0.15, 0.2) is 5.38 Å². The zero-order valence-corrected chi connectivity index (χ0v) is 17.4. The number of nitrogens with one attached hydrogen (secondary N) is 1. The van der Waals surface area contributed by atoms with Crippen LogP contribution in [-0.4, -0.2) is 11.4 Å². The summed E-state index contributed by atoms with van der Waals surface area (Å²) in [6.07, 6.45) is 11.5. The Kier molecular flexibility index (Phi) is 3.88. The first-order chi connectivity index (χ1) is 12.3. The van der Waals surface area contributed by atoms with Gasteiger partial charge in [-0.05, 0) is 92.4 Å². The number of fused-ring (bicyclic) bond motifs is 1. The fourth-order valence-corrected chi connectivity index (χ4v) is 8.18. The number of thiophene rings is 1. The molecule has 1 aromatic rings. The molecule has 5 aliphatic carbocycles. The van der Waals surface area contributed by atoms with Gasteiger partial charge in [0.15, 0.2) is 0 Å². The number of hydrogen-bond donors (Lipinski definition) is 1. The monoisotopic (exact) mass is 371 g/mol. The molecule has 0 aliphatic heterocycles. The molecular weight excluding hydrogens is 338 g/mol. The van der Waals surface area contributed by atoms with Crippen LogP contribution in [0.25, 0.3) is 0 Å². The Hall–Kier alpha value is -0.830. The minimum absolute atomic E-state index is 0.128. The molecule has 26 heavy (non-hydrogen) atoms. The maximum Gasteiger partial charge on any atom is 0.252 e. The fraction of sp³-hybridized carbons (Fsp3) is 0.783. The van der Waals surface area contributed by atoms with E-state index >= 15 is 0 Å². The normalized spacial score (nSPS) is 38.3. The lowest BCUT2D eigenvalue weighted by molar-refractivity contribution is -0.0167. The zero-order chi connectivity index (χ0) is 18.1. The second-order valence-electron chi connectivity index (χ2n) is 11.0. The lowest BCUT2D eigenvalue weighted by Gasteiger charge is -2.56. The van der Waals surface area contributed by atoms with Gasteiger partial charge in [-0.3, -0.25) is 4.79 Å². The molecule has 5 aliphatic rings. The molecular formula is C23H33NOS. The van der Waals surface area contributed by atoms with E-state index in [4.69, 9.17) is 0 Å². The molecule has 4 fully saturated rings. The van der Waals surface area contributed by atoms with Crippen molar-refractivity contribution in [3.8, 4) is 0 Å². The largest absolute Gasteiger partial charge is 0.347 e. The van der Waals surface area contributed by atoms with Crippen molar-refractivity contribution in [3.05, 3.63) is 21.4 Å². The van der Waals surface area contributed by atoms with Gasteiger partial charge < -0.3 is 5.32 Å². The topological polar surface area (TPSA) is 29.1 Å². The van der Waals surface area contributed by atoms with Crippen LogP contribution < -0.4 is 5.32 Å². The molecule has 4 bridgehead atoms. The van der Waals surface area contributed by atoms with Crippen LogP contribution in [0.2, 0.25) is 0 Å². The van der Waals surface area contributed by atoms with Gasteiger partial charge >= 0.3 is 0 Å². The van der Waals surface area contributed by atoms with Crippen molar-refractivity contribution >= 4 is 17.2 Å². The highest BCUT2D eigenvalue weighted by atomic mass is 32.1. The molecule has 1 N–H and O–H groups in total. The predicted molar refractivity (Wildman–Crippen MR) is 108 cm³/mol. The number of hydrogen-bond acceptors (Lipinski definition) is 2. The molecule has 6 rings (SSSR count). The first kappa shape index (κ1) is 17.3. The van der Waals surface area contributed by atoms with Gasteiger partial charge in [-0.25, -0.2) is 0 Å². The first-order valence-corrected chi connectivity index (χ1v) is 11.6. The average molecular weight is 372 g/mol. The Morgan fingerprint density at radius 2 is 1.73 bits per heavy atom. The first-order valence-electron chi connectivity index (χ1n) is 10.7. The minimum Gasteiger partial charge on any atom is -0.347 e. The summed E-state index contributed by atoms with van der Waals surface area (Å²) in [5.41, 5.74) is 2.87. The maximum atomic E-state index is 13.2. The van der Waals surface area contributed by atoms with Crippen molar-refractivity contribution < 1.29 is 4.79 Å². The van der Waals surface area contributed by atoms with E-state index in [1.165, 1.54) is 55.4 Å². The van der Waals surface area contributed by atoms with Crippen molar-refractivity contribution in [3.63, 3.8) is 0 Å². The van der Waals surface area contributed by atoms with Crippen LogP contribution >= 0.6 is 11.3 Å². The Balaban J connectivity index is 1.34. The molecule has 0 saturated heterocycles. The van der Waals surface area contributed by atoms with Crippen molar-refractivity contribution in [2.75, 3.05) is 0 Å². The maximum absolute atomic E-state index is 13.2. The van der Waals surface area contributed by atoms with Crippen LogP contribution in [0.3, 0.4) is 0 Å². The van der Waals surface area contributed by atoms with Gasteiger partial charge in [0.05, 0.1) is 5.56 Å². The lowest BCUT2D eigenvalue weighted by atomic mass is 9.53. The Labute approximate surface area is 162 Å². The zero-order valence-electron chi connectivity index (χ0n) is 16.6. The van der Waals surface area contributed by atoms with Gasteiger partial charge in [0.1, 0.15) is 0 Å². The minimum atomic E-state index is 0.128. The predicted octanol–water partition coefficient (Wildman–Crippen LogP) is 5.60. The van der Waals surface area contributed by atoms with E-state index in [2.05, 4.69) is 31.5 Å². The molecule has 1 amide bonds. The third-order valence-electron chi connectivity index (χ3n) is 8.04. The molecule has 0 aromatic carbocycles. The molecule has 2 nitrogen and oxygen atoms in total. The van der Waals surface area contributed by atoms with E-state index in [0.717, 1.165) is 42.1 Å². The molecule has 1 atom stereocenters. The van der Waals surface area contributed by atoms with Gasteiger partial charge in [-0.15, -0.1) is 11.3 Å². The molecule has 3 heteroatoms. The van der Waals surface area contributed by atoms with E-state index in [0.29, 0.717) is 5.41 Å². The van der Waals surface area contributed by atoms with Crippen LogP contribution in [0.4, 0.5) is 0 Å². The highest BCUT2D eigenvalue weighted by Gasteiger charge is 2.51. The third kappa shape index (κ3) is 2.85. The molecule has 0 radical (unpaired) electrons. The van der Waals surface area contributed by atoms with Gasteiger partial charge in [-0.1, -0.05) is 20.8 Å². The van der Waals surface area contributed by atoms with E-state index < -0.39 is 0 Å². The van der Waals surface area contributed by atoms with Crippen LogP contribution in [-0.2, 0) is 12.8 Å². The van der Waals surface area contributed by atoms with Gasteiger partial charge in [0.25, 0.3) is 5.91 Å². The molecule has 1 unspecified atom stereocenters. The quantitative estimate of drug-likeness (QED) is 0.720. The van der Waals surface area contributed by atoms with Crippen LogP contribution in [0.1, 0.15) is 86.5 Å². The molecule has 1 aromatic heterocycles. The van der Waals surface area contributed by atoms with Gasteiger partial charge in [0.2, 0.25) is 0 Å². The molecule has 142 valence electrons. The van der Waals surface area contributed by atoms with E-state index in [1.54, 1.807) is 0 Å². The molecule has 0 spiro atoms. The smallest absolute Gasteiger partial charge is 0.252 e. The summed E-state index contributed by atoms with van der Waals surface area (Å²) in [6.45, 7) is 7.07. The summed E-state index contributed by atoms with van der Waals surface area (Å²) in [7, 11) is 0. The summed E-state index contributed by atoms with van der Waals surface area (Å²) in [6, 6.07) is 0. The van der Waals surface area contributed by atoms with Crippen molar-refractivity contribution in [1.29, 1.82) is 0 Å². The van der Waals surface area contributed by atoms with Gasteiger partial charge in [0, 0.05) is 15.8 Å². The Morgan fingerprint density at radius 3 is 2.31 bits per heavy atom. The Morgan fingerprint density at radius 1 is 1.12 bits per heavy atom. The average Bonchev–Trinajstić information content (AvgIpc) is 2.95. The molecule has 1 heterocycles. The van der Waals surface area contributed by atoms with Crippen molar-refractivity contribution in [2.24, 2.45) is 29.1 Å². The summed E-state index contributed by atoms with van der Waals surface area (Å²) in [5.74, 6) is 3.62. The fourth-order valence-electron chi connectivity index (χ4n) is 7.01. The number of carbonyl (C=O) groups excluding carboxylic acids is 1. The lowest BCUT2D eigenvalue weighted by Crippen LogP contribution is -2.59. The highest BCUT2D eigenvalue weighted by molar-refractivity contribution is 7.10. The summed E-state index contributed by atoms with van der Waals surface area (Å²) >= 11 is 1.83. The van der Waals surface area contributed by atoms with E-state index in [-0.39, 0.29) is 11.4 Å². The van der Waals surface area contributed by atoms with Crippen LogP contribution in [0.5, 0.6) is 0 Å². The van der Waals surface area contributed by atoms with Crippen LogP contribution in [0, 0.1) is 29.1 Å². The third-order valence-corrected chi connectivity index (χ3v) is 9.09. The second kappa shape index (κ2) is 5.83. The number of carbonyl (C=O) groups is 1. The summed E-state index contributed by atoms with van der Waals surface area (Å²) < 4.78 is 0. The van der Waals surface area contributed by atoms with Crippen molar-refractivity contribution in [1.82, 2.24) is 5.32 Å². The SMILES string of the molecule is CC(C)(C)C1CCc2c(C(=O)NC34CC5CC(CC(C5)C3)C4)csc2C1. The highest BCUT2D eigenvalue weighted by Crippen LogP contribution is 2.55. The number of amides is 1. The second-order valence-corrected chi connectivity index (χ2v) is 12.0. The van der Waals surface area contributed by atoms with Crippen molar-refractivity contribution in [2.45, 2.75) is 84.1 Å². The molecule has 4 saturated carbocycles. The Bertz CT molecular complexity index is 690. The van der Waals surface area contributed by atoms with Gasteiger partial charge in [-0.2, -0.15) is 0 Å². The summed E-state index contributed by atoms with van der Waals surface area (Å²) in [5, 5.41) is 5.74. The summed E-state index contributed by atoms with van der Waals surface area (Å²) in [4.78, 5) is 14.7. The van der Waals surface area contributed by atoms with E-state index in [1.807, 2.05) is 11.3 Å². The number of rotatable bonds is 2. The standard InChI is InChI=1S/C23H33NOS/c1-22(2,3)17-4-5-18-19(13-26-20(18)9-17)21(25)24-23-10-14-6-15(11-23)8-16(7-14)12-23/h13-17H,4-12H2,1-3H3,(H,24,25).